The SMILES string of the molecule is Cc1ccc(C(C)(C)C(=O)NCC(N)C2CC2)cc1.Cl. The fraction of sp³-hybridized carbons (Fsp3) is 0.562. The van der Waals surface area contributed by atoms with Crippen molar-refractivity contribution in [3.8, 4) is 0 Å². The molecule has 1 aliphatic rings. The molecule has 1 aromatic carbocycles. The first-order valence-electron chi connectivity index (χ1n) is 7.02. The largest absolute Gasteiger partial charge is 0.354 e. The van der Waals surface area contributed by atoms with Crippen molar-refractivity contribution >= 4 is 18.3 Å². The van der Waals surface area contributed by atoms with Gasteiger partial charge < -0.3 is 11.1 Å². The predicted octanol–water partition coefficient (Wildman–Crippen LogP) is 2.55. The van der Waals surface area contributed by atoms with Gasteiger partial charge in [0.2, 0.25) is 5.91 Å². The molecule has 1 fully saturated rings. The highest BCUT2D eigenvalue weighted by Gasteiger charge is 2.32. The van der Waals surface area contributed by atoms with Crippen LogP contribution in [0.3, 0.4) is 0 Å². The average molecular weight is 297 g/mol. The van der Waals surface area contributed by atoms with E-state index in [2.05, 4.69) is 5.32 Å². The summed E-state index contributed by atoms with van der Waals surface area (Å²) in [6, 6.07) is 8.24. The third-order valence-electron chi connectivity index (χ3n) is 4.07. The van der Waals surface area contributed by atoms with E-state index in [1.807, 2.05) is 45.0 Å². The van der Waals surface area contributed by atoms with Gasteiger partial charge in [-0.15, -0.1) is 12.4 Å². The van der Waals surface area contributed by atoms with Crippen LogP contribution in [0, 0.1) is 12.8 Å². The van der Waals surface area contributed by atoms with Gasteiger partial charge in [-0.1, -0.05) is 29.8 Å². The van der Waals surface area contributed by atoms with Gasteiger partial charge >= 0.3 is 0 Å². The zero-order valence-corrected chi connectivity index (χ0v) is 13.3. The molecule has 1 unspecified atom stereocenters. The Kier molecular flexibility index (Phi) is 5.60. The van der Waals surface area contributed by atoms with Gasteiger partial charge in [-0.2, -0.15) is 0 Å². The second-order valence-corrected chi connectivity index (χ2v) is 6.20. The van der Waals surface area contributed by atoms with E-state index >= 15 is 0 Å². The van der Waals surface area contributed by atoms with E-state index in [1.165, 1.54) is 18.4 Å². The molecule has 0 heterocycles. The molecule has 0 saturated heterocycles. The van der Waals surface area contributed by atoms with E-state index in [-0.39, 0.29) is 24.4 Å². The normalized spacial score (nSPS) is 16.2. The molecule has 20 heavy (non-hydrogen) atoms. The van der Waals surface area contributed by atoms with E-state index in [0.29, 0.717) is 12.5 Å². The maximum Gasteiger partial charge on any atom is 0.230 e. The van der Waals surface area contributed by atoms with Crippen LogP contribution in [-0.2, 0) is 10.2 Å². The zero-order valence-electron chi connectivity index (χ0n) is 12.5. The number of halogens is 1. The second-order valence-electron chi connectivity index (χ2n) is 6.20. The second kappa shape index (κ2) is 6.59. The van der Waals surface area contributed by atoms with Gasteiger partial charge in [0.1, 0.15) is 0 Å². The molecule has 1 aromatic rings. The molecular weight excluding hydrogens is 272 g/mol. The van der Waals surface area contributed by atoms with Gasteiger partial charge in [0.15, 0.2) is 0 Å². The van der Waals surface area contributed by atoms with Gasteiger partial charge in [0, 0.05) is 12.6 Å². The molecule has 1 amide bonds. The van der Waals surface area contributed by atoms with Gasteiger partial charge in [-0.05, 0) is 45.1 Å². The molecular formula is C16H25ClN2O. The van der Waals surface area contributed by atoms with E-state index < -0.39 is 5.41 Å². The Labute approximate surface area is 127 Å². The highest BCUT2D eigenvalue weighted by molar-refractivity contribution is 5.87. The molecule has 1 aliphatic carbocycles. The van der Waals surface area contributed by atoms with Gasteiger partial charge in [0.05, 0.1) is 5.41 Å². The average Bonchev–Trinajstić information content (AvgIpc) is 3.20. The quantitative estimate of drug-likeness (QED) is 0.877. The third kappa shape index (κ3) is 3.97. The third-order valence-corrected chi connectivity index (χ3v) is 4.07. The predicted molar refractivity (Wildman–Crippen MR) is 85.2 cm³/mol. The molecule has 1 saturated carbocycles. The van der Waals surface area contributed by atoms with Crippen molar-refractivity contribution in [3.05, 3.63) is 35.4 Å². The summed E-state index contributed by atoms with van der Waals surface area (Å²) >= 11 is 0. The van der Waals surface area contributed by atoms with E-state index in [9.17, 15) is 4.79 Å². The summed E-state index contributed by atoms with van der Waals surface area (Å²) in [5.74, 6) is 0.662. The zero-order chi connectivity index (χ0) is 14.0. The van der Waals surface area contributed by atoms with Crippen LogP contribution in [0.2, 0.25) is 0 Å². The molecule has 0 aliphatic heterocycles. The molecule has 0 bridgehead atoms. The first-order chi connectivity index (χ1) is 8.91. The molecule has 0 spiro atoms. The van der Waals surface area contributed by atoms with Crippen LogP contribution in [0.25, 0.3) is 0 Å². The number of aryl methyl sites for hydroxylation is 1. The Morgan fingerprint density at radius 1 is 1.35 bits per heavy atom. The molecule has 0 radical (unpaired) electrons. The number of carbonyl (C=O) groups excluding carboxylic acids is 1. The summed E-state index contributed by atoms with van der Waals surface area (Å²) < 4.78 is 0. The van der Waals surface area contributed by atoms with Crippen LogP contribution >= 0.6 is 12.4 Å². The van der Waals surface area contributed by atoms with E-state index in [1.54, 1.807) is 0 Å². The number of nitrogens with two attached hydrogens (primary N) is 1. The highest BCUT2D eigenvalue weighted by atomic mass is 35.5. The smallest absolute Gasteiger partial charge is 0.230 e. The lowest BCUT2D eigenvalue weighted by molar-refractivity contribution is -0.125. The van der Waals surface area contributed by atoms with Gasteiger partial charge in [0.25, 0.3) is 0 Å². The minimum atomic E-state index is -0.517. The first kappa shape index (κ1) is 17.0. The standard InChI is InChI=1S/C16H24N2O.ClH/c1-11-4-8-13(9-5-11)16(2,3)15(19)18-10-14(17)12-6-7-12;/h4-5,8-9,12,14H,6-7,10,17H2,1-3H3,(H,18,19);1H. The van der Waals surface area contributed by atoms with Crippen molar-refractivity contribution in [1.29, 1.82) is 0 Å². The molecule has 0 aromatic heterocycles. The Balaban J connectivity index is 0.00000200. The van der Waals surface area contributed by atoms with Crippen LogP contribution in [0.1, 0.15) is 37.8 Å². The number of amides is 1. The van der Waals surface area contributed by atoms with Crippen LogP contribution in [0.4, 0.5) is 0 Å². The Bertz CT molecular complexity index is 452. The van der Waals surface area contributed by atoms with Gasteiger partial charge in [-0.3, -0.25) is 4.79 Å². The van der Waals surface area contributed by atoms with Crippen LogP contribution in [0.15, 0.2) is 24.3 Å². The lowest BCUT2D eigenvalue weighted by Crippen LogP contribution is -2.45. The van der Waals surface area contributed by atoms with Crippen LogP contribution in [-0.4, -0.2) is 18.5 Å². The topological polar surface area (TPSA) is 55.1 Å². The van der Waals surface area contributed by atoms with Crippen molar-refractivity contribution in [1.82, 2.24) is 5.32 Å². The van der Waals surface area contributed by atoms with Crippen molar-refractivity contribution in [2.75, 3.05) is 6.54 Å². The van der Waals surface area contributed by atoms with Crippen molar-refractivity contribution in [3.63, 3.8) is 0 Å². The van der Waals surface area contributed by atoms with Gasteiger partial charge in [-0.25, -0.2) is 0 Å². The number of nitrogens with one attached hydrogen (secondary N) is 1. The summed E-state index contributed by atoms with van der Waals surface area (Å²) in [6.07, 6.45) is 2.41. The fourth-order valence-electron chi connectivity index (χ4n) is 2.22. The summed E-state index contributed by atoms with van der Waals surface area (Å²) in [5, 5.41) is 2.99. The summed E-state index contributed by atoms with van der Waals surface area (Å²) in [7, 11) is 0. The molecule has 3 N–H and O–H groups in total. The number of carbonyl (C=O) groups is 1. The first-order valence-corrected chi connectivity index (χ1v) is 7.02. The Morgan fingerprint density at radius 2 is 1.90 bits per heavy atom. The molecule has 2 rings (SSSR count). The van der Waals surface area contributed by atoms with Crippen LogP contribution < -0.4 is 11.1 Å². The highest BCUT2D eigenvalue weighted by Crippen LogP contribution is 2.31. The lowest BCUT2D eigenvalue weighted by atomic mass is 9.83. The molecule has 1 atom stereocenters. The maximum atomic E-state index is 12.3. The summed E-state index contributed by atoms with van der Waals surface area (Å²) in [6.45, 7) is 6.54. The number of benzene rings is 1. The minimum Gasteiger partial charge on any atom is -0.354 e. The van der Waals surface area contributed by atoms with Crippen molar-refractivity contribution < 1.29 is 4.79 Å². The maximum absolute atomic E-state index is 12.3. The van der Waals surface area contributed by atoms with Crippen LogP contribution in [0.5, 0.6) is 0 Å². The van der Waals surface area contributed by atoms with E-state index in [4.69, 9.17) is 5.73 Å². The minimum absolute atomic E-state index is 0. The molecule has 3 nitrogen and oxygen atoms in total. The molecule has 112 valence electrons. The van der Waals surface area contributed by atoms with Crippen molar-refractivity contribution in [2.45, 2.75) is 45.1 Å². The fourth-order valence-corrected chi connectivity index (χ4v) is 2.22. The Morgan fingerprint density at radius 3 is 2.40 bits per heavy atom. The summed E-state index contributed by atoms with van der Waals surface area (Å²) in [5.41, 5.74) is 7.74. The number of hydrogen-bond donors (Lipinski definition) is 2. The number of rotatable bonds is 5. The van der Waals surface area contributed by atoms with Crippen molar-refractivity contribution in [2.24, 2.45) is 11.7 Å². The molecule has 4 heteroatoms. The number of hydrogen-bond acceptors (Lipinski definition) is 2. The lowest BCUT2D eigenvalue weighted by Gasteiger charge is -2.25. The van der Waals surface area contributed by atoms with E-state index in [0.717, 1.165) is 5.56 Å². The summed E-state index contributed by atoms with van der Waals surface area (Å²) in [4.78, 5) is 12.3. The Hall–Kier alpha value is -1.06. The monoisotopic (exact) mass is 296 g/mol.